The lowest BCUT2D eigenvalue weighted by Gasteiger charge is -2.10. The standard InChI is InChI=1S/C20H19BrF5N5O/c1-8-14(21)10(3)30(28-8)6-5-13(32)27-20-9(2)29-31(11(20)4)7-12-15(22)17(24)19(26)18(25)16(12)23/h5-7H2,1-4H3,(H,27,32). The zero-order valence-electron chi connectivity index (χ0n) is 17.6. The molecule has 0 aliphatic carbocycles. The Bertz CT molecular complexity index is 1190. The number of halogens is 6. The van der Waals surface area contributed by atoms with Crippen LogP contribution >= 0.6 is 15.9 Å². The Morgan fingerprint density at radius 2 is 1.38 bits per heavy atom. The van der Waals surface area contributed by atoms with Crippen LogP contribution in [0.25, 0.3) is 0 Å². The number of benzene rings is 1. The Morgan fingerprint density at radius 3 is 1.91 bits per heavy atom. The van der Waals surface area contributed by atoms with Crippen molar-refractivity contribution in [3.05, 3.63) is 61.9 Å². The molecule has 32 heavy (non-hydrogen) atoms. The SMILES string of the molecule is Cc1nn(CCC(=O)Nc2c(C)nn(Cc3c(F)c(F)c(F)c(F)c3F)c2C)c(C)c1Br. The average Bonchev–Trinajstić information content (AvgIpc) is 3.16. The summed E-state index contributed by atoms with van der Waals surface area (Å²) in [7, 11) is 0. The fourth-order valence-electron chi connectivity index (χ4n) is 3.27. The molecule has 0 atom stereocenters. The molecule has 0 aliphatic rings. The number of carbonyl (C=O) groups excluding carboxylic acids is 1. The minimum Gasteiger partial charge on any atom is -0.323 e. The Hall–Kier alpha value is -2.76. The van der Waals surface area contributed by atoms with Crippen LogP contribution in [0.5, 0.6) is 0 Å². The highest BCUT2D eigenvalue weighted by molar-refractivity contribution is 9.10. The minimum absolute atomic E-state index is 0.0934. The summed E-state index contributed by atoms with van der Waals surface area (Å²) in [5, 5.41) is 11.1. The number of aromatic nitrogens is 4. The van der Waals surface area contributed by atoms with Gasteiger partial charge in [-0.3, -0.25) is 14.2 Å². The molecule has 12 heteroatoms. The summed E-state index contributed by atoms with van der Waals surface area (Å²) in [5.74, 6) is -10.5. The molecule has 0 radical (unpaired) electrons. The van der Waals surface area contributed by atoms with E-state index in [0.717, 1.165) is 20.5 Å². The zero-order chi connectivity index (χ0) is 23.9. The monoisotopic (exact) mass is 519 g/mol. The first-order valence-corrected chi connectivity index (χ1v) is 10.3. The molecule has 2 aromatic heterocycles. The van der Waals surface area contributed by atoms with Crippen LogP contribution in [0, 0.1) is 56.8 Å². The van der Waals surface area contributed by atoms with Crippen molar-refractivity contribution in [1.29, 1.82) is 0 Å². The van der Waals surface area contributed by atoms with Gasteiger partial charge in [0.05, 0.1) is 45.9 Å². The van der Waals surface area contributed by atoms with Crippen molar-refractivity contribution in [1.82, 2.24) is 19.6 Å². The van der Waals surface area contributed by atoms with Gasteiger partial charge >= 0.3 is 0 Å². The number of rotatable bonds is 6. The van der Waals surface area contributed by atoms with Crippen LogP contribution in [0.4, 0.5) is 27.6 Å². The summed E-state index contributed by atoms with van der Waals surface area (Å²) >= 11 is 3.42. The predicted octanol–water partition coefficient (Wildman–Crippen LogP) is 4.85. The van der Waals surface area contributed by atoms with Crippen molar-refractivity contribution >= 4 is 27.5 Å². The summed E-state index contributed by atoms with van der Waals surface area (Å²) in [6, 6.07) is 0. The highest BCUT2D eigenvalue weighted by atomic mass is 79.9. The maximum Gasteiger partial charge on any atom is 0.226 e. The molecule has 0 bridgehead atoms. The van der Waals surface area contributed by atoms with Gasteiger partial charge in [-0.15, -0.1) is 0 Å². The Balaban J connectivity index is 1.78. The van der Waals surface area contributed by atoms with Crippen LogP contribution < -0.4 is 5.32 Å². The lowest BCUT2D eigenvalue weighted by Crippen LogP contribution is -2.17. The van der Waals surface area contributed by atoms with E-state index in [1.54, 1.807) is 11.6 Å². The molecule has 1 N–H and O–H groups in total. The average molecular weight is 520 g/mol. The number of aryl methyl sites for hydroxylation is 3. The van der Waals surface area contributed by atoms with Gasteiger partial charge in [-0.05, 0) is 43.6 Å². The van der Waals surface area contributed by atoms with E-state index in [2.05, 4.69) is 31.4 Å². The van der Waals surface area contributed by atoms with E-state index in [1.807, 2.05) is 13.8 Å². The second-order valence-corrected chi connectivity index (χ2v) is 8.05. The fraction of sp³-hybridized carbons (Fsp3) is 0.350. The van der Waals surface area contributed by atoms with E-state index < -0.39 is 41.2 Å². The smallest absolute Gasteiger partial charge is 0.226 e. The molecule has 3 aromatic rings. The summed E-state index contributed by atoms with van der Waals surface area (Å²) in [6.07, 6.45) is 0.0934. The summed E-state index contributed by atoms with van der Waals surface area (Å²) in [4.78, 5) is 12.4. The van der Waals surface area contributed by atoms with Crippen LogP contribution in [0.15, 0.2) is 4.47 Å². The molecule has 1 amide bonds. The van der Waals surface area contributed by atoms with Gasteiger partial charge in [-0.25, -0.2) is 22.0 Å². The molecular weight excluding hydrogens is 501 g/mol. The van der Waals surface area contributed by atoms with E-state index in [9.17, 15) is 26.7 Å². The molecule has 0 fully saturated rings. The van der Waals surface area contributed by atoms with Crippen molar-refractivity contribution in [3.63, 3.8) is 0 Å². The first-order chi connectivity index (χ1) is 14.9. The lowest BCUT2D eigenvalue weighted by atomic mass is 10.1. The summed E-state index contributed by atoms with van der Waals surface area (Å²) in [5.41, 5.74) is 1.58. The maximum atomic E-state index is 14.0. The summed E-state index contributed by atoms with van der Waals surface area (Å²) < 4.78 is 71.9. The molecule has 2 heterocycles. The largest absolute Gasteiger partial charge is 0.323 e. The number of nitrogens with one attached hydrogen (secondary N) is 1. The molecule has 0 saturated carbocycles. The third-order valence-corrected chi connectivity index (χ3v) is 6.25. The normalized spacial score (nSPS) is 11.3. The lowest BCUT2D eigenvalue weighted by molar-refractivity contribution is -0.116. The third kappa shape index (κ3) is 4.27. The van der Waals surface area contributed by atoms with E-state index in [-0.39, 0.29) is 12.3 Å². The molecule has 0 aliphatic heterocycles. The molecule has 0 unspecified atom stereocenters. The third-order valence-electron chi connectivity index (χ3n) is 5.10. The minimum atomic E-state index is -2.22. The zero-order valence-corrected chi connectivity index (χ0v) is 19.2. The van der Waals surface area contributed by atoms with Gasteiger partial charge in [0.25, 0.3) is 0 Å². The Labute approximate surface area is 188 Å². The van der Waals surface area contributed by atoms with Crippen LogP contribution in [-0.2, 0) is 17.9 Å². The molecule has 0 spiro atoms. The van der Waals surface area contributed by atoms with Gasteiger partial charge in [-0.1, -0.05) is 0 Å². The van der Waals surface area contributed by atoms with E-state index >= 15 is 0 Å². The van der Waals surface area contributed by atoms with Crippen molar-refractivity contribution in [2.45, 2.75) is 47.2 Å². The van der Waals surface area contributed by atoms with E-state index in [0.29, 0.717) is 23.6 Å². The highest BCUT2D eigenvalue weighted by Crippen LogP contribution is 2.26. The number of amides is 1. The number of anilines is 1. The van der Waals surface area contributed by atoms with Gasteiger partial charge < -0.3 is 5.32 Å². The second-order valence-electron chi connectivity index (χ2n) is 7.26. The van der Waals surface area contributed by atoms with Gasteiger partial charge in [-0.2, -0.15) is 10.2 Å². The van der Waals surface area contributed by atoms with Crippen molar-refractivity contribution < 1.29 is 26.7 Å². The molecular formula is C20H19BrF5N5O. The van der Waals surface area contributed by atoms with E-state index in [4.69, 9.17) is 0 Å². The molecule has 6 nitrogen and oxygen atoms in total. The number of carbonyl (C=O) groups is 1. The topological polar surface area (TPSA) is 64.7 Å². The van der Waals surface area contributed by atoms with Gasteiger partial charge in [0.15, 0.2) is 23.3 Å². The van der Waals surface area contributed by atoms with Gasteiger partial charge in [0.1, 0.15) is 0 Å². The van der Waals surface area contributed by atoms with Crippen LogP contribution in [-0.4, -0.2) is 25.5 Å². The first-order valence-electron chi connectivity index (χ1n) is 9.47. The summed E-state index contributed by atoms with van der Waals surface area (Å²) in [6.45, 7) is 6.38. The van der Waals surface area contributed by atoms with E-state index in [1.165, 1.54) is 6.92 Å². The van der Waals surface area contributed by atoms with Crippen molar-refractivity contribution in [3.8, 4) is 0 Å². The molecule has 172 valence electrons. The first kappa shape index (κ1) is 23.9. The number of hydrogen-bond acceptors (Lipinski definition) is 3. The maximum absolute atomic E-state index is 14.0. The Morgan fingerprint density at radius 1 is 0.844 bits per heavy atom. The van der Waals surface area contributed by atoms with Gasteiger partial charge in [0.2, 0.25) is 11.7 Å². The quantitative estimate of drug-likeness (QED) is 0.287. The predicted molar refractivity (Wildman–Crippen MR) is 110 cm³/mol. The number of hydrogen-bond donors (Lipinski definition) is 1. The fourth-order valence-corrected chi connectivity index (χ4v) is 3.56. The highest BCUT2D eigenvalue weighted by Gasteiger charge is 2.27. The van der Waals surface area contributed by atoms with Crippen molar-refractivity contribution in [2.75, 3.05) is 5.32 Å². The number of nitrogens with zero attached hydrogens (tertiary/aromatic N) is 4. The molecule has 0 saturated heterocycles. The second kappa shape index (κ2) is 9.00. The van der Waals surface area contributed by atoms with Crippen LogP contribution in [0.2, 0.25) is 0 Å². The molecule has 1 aromatic carbocycles. The Kier molecular flexibility index (Phi) is 6.72. The van der Waals surface area contributed by atoms with Crippen LogP contribution in [0.1, 0.15) is 34.8 Å². The van der Waals surface area contributed by atoms with Crippen molar-refractivity contribution in [2.24, 2.45) is 0 Å². The van der Waals surface area contributed by atoms with Gasteiger partial charge in [0, 0.05) is 12.1 Å². The van der Waals surface area contributed by atoms with Crippen LogP contribution in [0.3, 0.4) is 0 Å². The molecule has 3 rings (SSSR count).